The van der Waals surface area contributed by atoms with Gasteiger partial charge in [0.1, 0.15) is 0 Å². The fraction of sp³-hybridized carbons (Fsp3) is 0.192. The standard InChI is InChI=1S/C26H24N2O3S/c1-18-10-12-23(13-11-18)32(29,30)25-26(28-15-14-20-7-3-4-8-22(20)17-28)31-24(27-25)21-9-5-6-19(2)16-21/h3-13,16H,14-15,17H2,1-2H3. The van der Waals surface area contributed by atoms with Crippen LogP contribution in [0.1, 0.15) is 22.3 Å². The van der Waals surface area contributed by atoms with Gasteiger partial charge in [0.05, 0.1) is 4.90 Å². The van der Waals surface area contributed by atoms with Crippen molar-refractivity contribution >= 4 is 15.7 Å². The molecule has 0 spiro atoms. The van der Waals surface area contributed by atoms with E-state index in [1.165, 1.54) is 11.1 Å². The minimum Gasteiger partial charge on any atom is -0.419 e. The second-order valence-corrected chi connectivity index (χ2v) is 10.1. The number of aryl methyl sites for hydroxylation is 2. The molecule has 3 aromatic carbocycles. The highest BCUT2D eigenvalue weighted by Crippen LogP contribution is 2.37. The van der Waals surface area contributed by atoms with Gasteiger partial charge in [0.2, 0.25) is 26.6 Å². The zero-order valence-corrected chi connectivity index (χ0v) is 18.9. The molecule has 0 radical (unpaired) electrons. The molecule has 5 rings (SSSR count). The smallest absolute Gasteiger partial charge is 0.236 e. The average molecular weight is 445 g/mol. The predicted octanol–water partition coefficient (Wildman–Crippen LogP) is 5.35. The lowest BCUT2D eigenvalue weighted by Gasteiger charge is -2.28. The topological polar surface area (TPSA) is 63.4 Å². The molecule has 1 aliphatic heterocycles. The van der Waals surface area contributed by atoms with E-state index < -0.39 is 9.84 Å². The van der Waals surface area contributed by atoms with Gasteiger partial charge >= 0.3 is 0 Å². The molecule has 0 saturated carbocycles. The Morgan fingerprint density at radius 2 is 1.62 bits per heavy atom. The van der Waals surface area contributed by atoms with Crippen LogP contribution in [-0.4, -0.2) is 19.9 Å². The first-order chi connectivity index (χ1) is 15.4. The zero-order valence-electron chi connectivity index (χ0n) is 18.1. The summed E-state index contributed by atoms with van der Waals surface area (Å²) in [6.07, 6.45) is 0.820. The average Bonchev–Trinajstić information content (AvgIpc) is 3.26. The minimum atomic E-state index is -3.86. The van der Waals surface area contributed by atoms with Gasteiger partial charge in [0.25, 0.3) is 0 Å². The third-order valence-electron chi connectivity index (χ3n) is 5.85. The summed E-state index contributed by atoms with van der Waals surface area (Å²) in [6, 6.07) is 22.8. The van der Waals surface area contributed by atoms with Gasteiger partial charge in [0, 0.05) is 18.7 Å². The number of hydrogen-bond acceptors (Lipinski definition) is 5. The Labute approximate surface area is 188 Å². The van der Waals surface area contributed by atoms with Crippen molar-refractivity contribution in [2.75, 3.05) is 11.4 Å². The number of nitrogens with zero attached hydrogens (tertiary/aromatic N) is 2. The van der Waals surface area contributed by atoms with Crippen LogP contribution in [0.3, 0.4) is 0 Å². The van der Waals surface area contributed by atoms with Crippen molar-refractivity contribution < 1.29 is 12.8 Å². The normalized spacial score (nSPS) is 13.8. The van der Waals surface area contributed by atoms with Crippen LogP contribution in [0.25, 0.3) is 11.5 Å². The molecule has 6 heteroatoms. The molecule has 5 nitrogen and oxygen atoms in total. The first-order valence-electron chi connectivity index (χ1n) is 10.6. The summed E-state index contributed by atoms with van der Waals surface area (Å²) in [6.45, 7) is 5.16. The third kappa shape index (κ3) is 3.71. The van der Waals surface area contributed by atoms with E-state index in [2.05, 4.69) is 17.1 Å². The molecule has 2 heterocycles. The van der Waals surface area contributed by atoms with E-state index in [1.807, 2.05) is 55.1 Å². The zero-order chi connectivity index (χ0) is 22.3. The Kier molecular flexibility index (Phi) is 5.10. The fourth-order valence-electron chi connectivity index (χ4n) is 4.07. The van der Waals surface area contributed by atoms with Crippen LogP contribution in [0, 0.1) is 13.8 Å². The fourth-order valence-corrected chi connectivity index (χ4v) is 5.39. The van der Waals surface area contributed by atoms with Gasteiger partial charge in [-0.3, -0.25) is 0 Å². The van der Waals surface area contributed by atoms with Crippen molar-refractivity contribution in [2.24, 2.45) is 0 Å². The van der Waals surface area contributed by atoms with Crippen LogP contribution in [0.15, 0.2) is 87.1 Å². The van der Waals surface area contributed by atoms with Gasteiger partial charge in [0.15, 0.2) is 0 Å². The number of benzene rings is 3. The number of aromatic nitrogens is 1. The predicted molar refractivity (Wildman–Crippen MR) is 125 cm³/mol. The Hall–Kier alpha value is -3.38. The Balaban J connectivity index is 1.64. The van der Waals surface area contributed by atoms with E-state index in [4.69, 9.17) is 4.42 Å². The molecule has 0 amide bonds. The van der Waals surface area contributed by atoms with Gasteiger partial charge in [-0.2, -0.15) is 4.98 Å². The molecule has 0 saturated heterocycles. The van der Waals surface area contributed by atoms with Gasteiger partial charge in [-0.25, -0.2) is 8.42 Å². The van der Waals surface area contributed by atoms with E-state index in [-0.39, 0.29) is 9.92 Å². The van der Waals surface area contributed by atoms with E-state index in [0.717, 1.165) is 23.1 Å². The monoisotopic (exact) mass is 444 g/mol. The van der Waals surface area contributed by atoms with Crippen LogP contribution in [0.2, 0.25) is 0 Å². The minimum absolute atomic E-state index is 0.0303. The number of hydrogen-bond donors (Lipinski definition) is 0. The van der Waals surface area contributed by atoms with Gasteiger partial charge in [-0.15, -0.1) is 0 Å². The van der Waals surface area contributed by atoms with Crippen molar-refractivity contribution in [3.63, 3.8) is 0 Å². The lowest BCUT2D eigenvalue weighted by atomic mass is 10.0. The number of sulfone groups is 1. The van der Waals surface area contributed by atoms with E-state index in [1.54, 1.807) is 24.3 Å². The van der Waals surface area contributed by atoms with Crippen molar-refractivity contribution in [1.29, 1.82) is 0 Å². The van der Waals surface area contributed by atoms with E-state index in [0.29, 0.717) is 24.9 Å². The summed E-state index contributed by atoms with van der Waals surface area (Å²) in [7, 11) is -3.86. The Bertz CT molecular complexity index is 1390. The molecule has 1 aromatic heterocycles. The molecule has 162 valence electrons. The molecular formula is C26H24N2O3S. The number of oxazole rings is 1. The molecule has 4 aromatic rings. The van der Waals surface area contributed by atoms with Crippen molar-refractivity contribution in [3.8, 4) is 11.5 Å². The first-order valence-corrected chi connectivity index (χ1v) is 12.1. The third-order valence-corrected chi connectivity index (χ3v) is 7.52. The molecule has 0 fully saturated rings. The van der Waals surface area contributed by atoms with Crippen molar-refractivity contribution in [3.05, 3.63) is 95.1 Å². The molecule has 0 atom stereocenters. The summed E-state index contributed by atoms with van der Waals surface area (Å²) < 4.78 is 33.4. The molecular weight excluding hydrogens is 420 g/mol. The first kappa shape index (κ1) is 20.5. The summed E-state index contributed by atoms with van der Waals surface area (Å²) in [5.74, 6) is 0.616. The Morgan fingerprint density at radius 3 is 2.38 bits per heavy atom. The summed E-state index contributed by atoms with van der Waals surface area (Å²) in [4.78, 5) is 6.72. The maximum atomic E-state index is 13.6. The number of rotatable bonds is 4. The molecule has 0 N–H and O–H groups in total. The second kappa shape index (κ2) is 7.95. The van der Waals surface area contributed by atoms with Crippen LogP contribution in [0.5, 0.6) is 0 Å². The lowest BCUT2D eigenvalue weighted by molar-refractivity contribution is 0.533. The summed E-state index contributed by atoms with van der Waals surface area (Å²) in [5, 5.41) is -0.0303. The van der Waals surface area contributed by atoms with Gasteiger partial charge < -0.3 is 9.32 Å². The van der Waals surface area contributed by atoms with Crippen molar-refractivity contribution in [2.45, 2.75) is 36.7 Å². The largest absolute Gasteiger partial charge is 0.419 e. The molecule has 0 bridgehead atoms. The van der Waals surface area contributed by atoms with Crippen LogP contribution in [-0.2, 0) is 22.8 Å². The van der Waals surface area contributed by atoms with E-state index >= 15 is 0 Å². The maximum absolute atomic E-state index is 13.6. The molecule has 0 unspecified atom stereocenters. The highest BCUT2D eigenvalue weighted by Gasteiger charge is 2.32. The Morgan fingerprint density at radius 1 is 0.875 bits per heavy atom. The number of anilines is 1. The van der Waals surface area contributed by atoms with Gasteiger partial charge in [-0.05, 0) is 55.7 Å². The quantitative estimate of drug-likeness (QED) is 0.424. The highest BCUT2D eigenvalue weighted by atomic mass is 32.2. The summed E-state index contributed by atoms with van der Waals surface area (Å²) in [5.41, 5.74) is 5.26. The van der Waals surface area contributed by atoms with Crippen LogP contribution < -0.4 is 4.90 Å². The molecule has 0 aliphatic carbocycles. The van der Waals surface area contributed by atoms with E-state index in [9.17, 15) is 8.42 Å². The number of fused-ring (bicyclic) bond motifs is 1. The van der Waals surface area contributed by atoms with Crippen LogP contribution in [0.4, 0.5) is 5.88 Å². The summed E-state index contributed by atoms with van der Waals surface area (Å²) >= 11 is 0. The second-order valence-electron chi connectivity index (χ2n) is 8.26. The lowest BCUT2D eigenvalue weighted by Crippen LogP contribution is -2.31. The molecule has 32 heavy (non-hydrogen) atoms. The highest BCUT2D eigenvalue weighted by molar-refractivity contribution is 7.91. The van der Waals surface area contributed by atoms with Crippen molar-refractivity contribution in [1.82, 2.24) is 4.98 Å². The van der Waals surface area contributed by atoms with Crippen LogP contribution >= 0.6 is 0 Å². The SMILES string of the molecule is Cc1ccc(S(=O)(=O)c2nc(-c3cccc(C)c3)oc2N2CCc3ccccc3C2)cc1. The van der Waals surface area contributed by atoms with Gasteiger partial charge in [-0.1, -0.05) is 59.7 Å². The molecule has 1 aliphatic rings. The maximum Gasteiger partial charge on any atom is 0.236 e.